The van der Waals surface area contributed by atoms with E-state index < -0.39 is 135 Å². The molecule has 0 radical (unpaired) electrons. The molecule has 0 aromatic heterocycles. The van der Waals surface area contributed by atoms with Gasteiger partial charge in [0, 0.05) is 44.1 Å². The van der Waals surface area contributed by atoms with E-state index in [1.807, 2.05) is 19.1 Å². The number of aliphatic carboxylic acids is 1. The first-order valence-corrected chi connectivity index (χ1v) is 21.8. The maximum atomic E-state index is 12.6. The van der Waals surface area contributed by atoms with Gasteiger partial charge in [0.25, 0.3) is 0 Å². The molecule has 16 unspecified atom stereocenters. The molecule has 1 saturated heterocycles. The number of hydrogen-bond donors (Lipinski definition) is 12. The second kappa shape index (κ2) is 30.0. The molecule has 13 N–H and O–H groups in total. The number of aliphatic hydroxyl groups is 10. The van der Waals surface area contributed by atoms with E-state index in [9.17, 15) is 65.8 Å². The molecule has 18 heteroatoms. The predicted molar refractivity (Wildman–Crippen MR) is 235 cm³/mol. The number of carboxylic acid groups (broad SMARTS) is 1. The van der Waals surface area contributed by atoms with Gasteiger partial charge in [-0.15, -0.1) is 0 Å². The summed E-state index contributed by atoms with van der Waals surface area (Å²) in [4.78, 5) is 25.0. The zero-order valence-electron chi connectivity index (χ0n) is 37.0. The van der Waals surface area contributed by atoms with Gasteiger partial charge in [-0.3, -0.25) is 9.59 Å². The van der Waals surface area contributed by atoms with Gasteiger partial charge in [0.15, 0.2) is 12.1 Å². The Kier molecular flexibility index (Phi) is 26.5. The minimum Gasteiger partial charge on any atom is -0.481 e. The third-order valence-corrected chi connectivity index (χ3v) is 11.0. The van der Waals surface area contributed by atoms with E-state index in [0.717, 1.165) is 0 Å². The summed E-state index contributed by atoms with van der Waals surface area (Å²) in [7, 11) is 0. The number of nitrogens with two attached hydrogens (primary N) is 1. The molecule has 0 spiro atoms. The van der Waals surface area contributed by atoms with Gasteiger partial charge < -0.3 is 80.9 Å². The van der Waals surface area contributed by atoms with Gasteiger partial charge in [0.1, 0.15) is 12.0 Å². The normalized spacial score (nSPS) is 36.3. The highest BCUT2D eigenvalue weighted by molar-refractivity contribution is 5.71. The van der Waals surface area contributed by atoms with Crippen LogP contribution in [0.25, 0.3) is 0 Å². The molecule has 0 aromatic carbocycles. The summed E-state index contributed by atoms with van der Waals surface area (Å²) < 4.78 is 22.7. The number of fused-ring (bicyclic) bond motifs is 2. The minimum atomic E-state index is -2.32. The Labute approximate surface area is 375 Å². The van der Waals surface area contributed by atoms with Crippen LogP contribution in [0.4, 0.5) is 0 Å². The summed E-state index contributed by atoms with van der Waals surface area (Å²) in [6, 6.07) is 0. The van der Waals surface area contributed by atoms with E-state index in [1.54, 1.807) is 80.7 Å². The molecule has 64 heavy (non-hydrogen) atoms. The fourth-order valence-corrected chi connectivity index (χ4v) is 7.23. The van der Waals surface area contributed by atoms with E-state index in [0.29, 0.717) is 0 Å². The van der Waals surface area contributed by atoms with E-state index in [1.165, 1.54) is 6.08 Å². The Morgan fingerprint density at radius 1 is 0.781 bits per heavy atom. The number of carbonyl (C=O) groups is 2. The van der Waals surface area contributed by atoms with Gasteiger partial charge in [-0.1, -0.05) is 98.9 Å². The molecular weight excluding hydrogens is 838 g/mol. The third kappa shape index (κ3) is 21.7. The maximum Gasteiger partial charge on any atom is 0.311 e. The largest absolute Gasteiger partial charge is 0.481 e. The number of aliphatic hydroxyl groups excluding tert-OH is 9. The van der Waals surface area contributed by atoms with Crippen LogP contribution in [0.2, 0.25) is 0 Å². The van der Waals surface area contributed by atoms with Crippen molar-refractivity contribution in [2.75, 3.05) is 19.8 Å². The highest BCUT2D eigenvalue weighted by atomic mass is 16.7. The van der Waals surface area contributed by atoms with Crippen molar-refractivity contribution in [2.24, 2.45) is 23.5 Å². The molecule has 0 amide bonds. The lowest BCUT2D eigenvalue weighted by Gasteiger charge is -2.44. The highest BCUT2D eigenvalue weighted by Gasteiger charge is 2.50. The molecule has 1 fully saturated rings. The second-order valence-electron chi connectivity index (χ2n) is 16.6. The van der Waals surface area contributed by atoms with Gasteiger partial charge in [-0.25, -0.2) is 0 Å². The highest BCUT2D eigenvalue weighted by Crippen LogP contribution is 2.38. The van der Waals surface area contributed by atoms with Gasteiger partial charge in [-0.05, 0) is 26.2 Å². The number of cyclic esters (lactones) is 1. The van der Waals surface area contributed by atoms with Crippen LogP contribution in [-0.2, 0) is 28.5 Å². The number of carbonyl (C=O) groups excluding carboxylic acids is 1. The molecule has 2 aliphatic rings. The summed E-state index contributed by atoms with van der Waals surface area (Å²) in [6.45, 7) is 4.11. The van der Waals surface area contributed by atoms with Crippen molar-refractivity contribution in [3.63, 3.8) is 0 Å². The fourth-order valence-electron chi connectivity index (χ4n) is 7.23. The number of ether oxygens (including phenoxy) is 4. The zero-order valence-corrected chi connectivity index (χ0v) is 37.0. The Hall–Kier alpha value is -3.44. The van der Waals surface area contributed by atoms with E-state index in [-0.39, 0.29) is 44.8 Å². The smallest absolute Gasteiger partial charge is 0.311 e. The Morgan fingerprint density at radius 2 is 1.36 bits per heavy atom. The van der Waals surface area contributed by atoms with Crippen LogP contribution in [0.1, 0.15) is 72.1 Å². The molecule has 18 nitrogen and oxygen atoms in total. The molecule has 0 aromatic rings. The lowest BCUT2D eigenvalue weighted by molar-refractivity contribution is -0.303. The van der Waals surface area contributed by atoms with Crippen molar-refractivity contribution >= 4 is 11.9 Å². The fraction of sp³-hybridized carbons (Fsp3) is 0.652. The topological polar surface area (TPSA) is 320 Å². The summed E-state index contributed by atoms with van der Waals surface area (Å²) in [6.07, 6.45) is 6.09. The van der Waals surface area contributed by atoms with Gasteiger partial charge in [-0.2, -0.15) is 0 Å². The van der Waals surface area contributed by atoms with Crippen molar-refractivity contribution < 1.29 is 84.7 Å². The maximum absolute atomic E-state index is 12.6. The lowest BCUT2D eigenvalue weighted by Crippen LogP contribution is -2.56. The Bertz CT molecular complexity index is 1570. The second-order valence-corrected chi connectivity index (χ2v) is 16.6. The summed E-state index contributed by atoms with van der Waals surface area (Å²) >= 11 is 0. The van der Waals surface area contributed by atoms with Gasteiger partial charge in [0.05, 0.1) is 80.7 Å². The molecule has 16 atom stereocenters. The average Bonchev–Trinajstić information content (AvgIpc) is 3.21. The lowest BCUT2D eigenvalue weighted by atomic mass is 9.82. The molecule has 0 saturated carbocycles. The third-order valence-electron chi connectivity index (χ3n) is 11.0. The average molecular weight is 912 g/mol. The van der Waals surface area contributed by atoms with Crippen LogP contribution in [0.5, 0.6) is 0 Å². The number of carboxylic acids is 1. The van der Waals surface area contributed by atoms with Crippen LogP contribution in [0, 0.1) is 17.8 Å². The number of esters is 1. The molecule has 2 heterocycles. The molecule has 2 rings (SSSR count). The van der Waals surface area contributed by atoms with Crippen LogP contribution in [0.15, 0.2) is 85.1 Å². The Balaban J connectivity index is 2.36. The quantitative estimate of drug-likeness (QED) is 0.117. The van der Waals surface area contributed by atoms with Crippen molar-refractivity contribution in [3.05, 3.63) is 85.1 Å². The molecule has 364 valence electrons. The van der Waals surface area contributed by atoms with Crippen molar-refractivity contribution in [2.45, 2.75) is 151 Å². The summed E-state index contributed by atoms with van der Waals surface area (Å²) in [5.41, 5.74) is 5.45. The number of rotatable bonds is 8. The zero-order chi connectivity index (χ0) is 47.8. The summed E-state index contributed by atoms with van der Waals surface area (Å²) in [5.74, 6) is -6.80. The first-order chi connectivity index (χ1) is 30.3. The van der Waals surface area contributed by atoms with E-state index in [2.05, 4.69) is 0 Å². The van der Waals surface area contributed by atoms with Crippen LogP contribution in [0.3, 0.4) is 0 Å². The van der Waals surface area contributed by atoms with Crippen molar-refractivity contribution in [1.29, 1.82) is 0 Å². The van der Waals surface area contributed by atoms with Gasteiger partial charge >= 0.3 is 11.9 Å². The molecular formula is C46H73NO17. The molecule has 0 aliphatic carbocycles. The Morgan fingerprint density at radius 3 is 1.92 bits per heavy atom. The first kappa shape index (κ1) is 56.7. The van der Waals surface area contributed by atoms with E-state index in [4.69, 9.17) is 24.7 Å². The summed E-state index contributed by atoms with van der Waals surface area (Å²) in [5, 5.41) is 117. The van der Waals surface area contributed by atoms with Gasteiger partial charge in [0.2, 0.25) is 0 Å². The minimum absolute atomic E-state index is 0.106. The van der Waals surface area contributed by atoms with Crippen molar-refractivity contribution in [1.82, 2.24) is 0 Å². The predicted octanol–water partition coefficient (Wildman–Crippen LogP) is 0.572. The van der Waals surface area contributed by atoms with Crippen LogP contribution in [-0.4, -0.2) is 167 Å². The standard InChI is InChI=1S/C46H73NO17/c1-29-16-14-12-10-8-6-4-5-7-9-11-13-15-17-36(63-42(27-48)61-28-35(52)26-47)23-40-43(45(58)59)39(55)25-46(60,64-40)24-34(51)21-38(54)37(53)19-18-32(49)20-33(50)22-41(56)62-31(3)30(2)44(29)57/h4-17,29-40,42-44,48-55,57,60H,18-28,47H2,1-3H3,(H,58,59). The number of hydrogen-bond acceptors (Lipinski definition) is 17. The van der Waals surface area contributed by atoms with E-state index >= 15 is 0 Å². The SMILES string of the molecule is CC1C=CC=CC=CC=CC=CC=CC=CC(OC(CO)OCC(O)CN)CC2OC(O)(CC(O)CC(O)C(O)CCC(O)CC(O)CC(=O)OC(C)C(C)C1O)CC(O)C2C(=O)O. The molecule has 2 bridgehead atoms. The molecule has 2 aliphatic heterocycles. The van der Waals surface area contributed by atoms with Crippen molar-refractivity contribution in [3.8, 4) is 0 Å². The van der Waals surface area contributed by atoms with Crippen LogP contribution < -0.4 is 5.73 Å². The monoisotopic (exact) mass is 911 g/mol. The first-order valence-electron chi connectivity index (χ1n) is 21.8. The number of allylic oxidation sites excluding steroid dienone is 12. The van der Waals surface area contributed by atoms with Crippen LogP contribution >= 0.6 is 0 Å².